The lowest BCUT2D eigenvalue weighted by Gasteiger charge is -2.28. The maximum absolute atomic E-state index is 13.7. The van der Waals surface area contributed by atoms with Crippen LogP contribution in [-0.2, 0) is 9.59 Å². The van der Waals surface area contributed by atoms with Crippen LogP contribution in [0.1, 0.15) is 41.6 Å². The number of hydrogen-bond donors (Lipinski definition) is 1. The Morgan fingerprint density at radius 2 is 2.04 bits per heavy atom. The van der Waals surface area contributed by atoms with Gasteiger partial charge in [0.25, 0.3) is 5.91 Å². The molecule has 144 valence electrons. The minimum absolute atomic E-state index is 0.0147. The van der Waals surface area contributed by atoms with Crippen LogP contribution in [0.25, 0.3) is 0 Å². The lowest BCUT2D eigenvalue weighted by molar-refractivity contribution is -0.139. The SMILES string of the molecule is Cc1cc(F)cc(C(=O)N2[C@@H]3CC[C@@H]2[C@H](C(=O)N2CCCNC(=O)C2)C3)c1. The molecule has 6 nitrogen and oxygen atoms in total. The molecule has 7 heteroatoms. The summed E-state index contributed by atoms with van der Waals surface area (Å²) >= 11 is 0. The summed E-state index contributed by atoms with van der Waals surface area (Å²) in [7, 11) is 0. The number of aryl methyl sites for hydroxylation is 1. The topological polar surface area (TPSA) is 69.7 Å². The smallest absolute Gasteiger partial charge is 0.254 e. The van der Waals surface area contributed by atoms with E-state index in [0.29, 0.717) is 30.6 Å². The molecule has 3 fully saturated rings. The molecule has 1 N–H and O–H groups in total. The lowest BCUT2D eigenvalue weighted by Crippen LogP contribution is -2.45. The van der Waals surface area contributed by atoms with Crippen LogP contribution in [0.15, 0.2) is 18.2 Å². The molecule has 3 amide bonds. The zero-order chi connectivity index (χ0) is 19.1. The van der Waals surface area contributed by atoms with Crippen molar-refractivity contribution in [3.63, 3.8) is 0 Å². The Bertz CT molecular complexity index is 776. The van der Waals surface area contributed by atoms with Gasteiger partial charge in [-0.15, -0.1) is 0 Å². The van der Waals surface area contributed by atoms with E-state index in [4.69, 9.17) is 0 Å². The molecule has 0 spiro atoms. The first-order chi connectivity index (χ1) is 12.9. The molecule has 4 rings (SSSR count). The molecule has 3 saturated heterocycles. The number of amides is 3. The fourth-order valence-electron chi connectivity index (χ4n) is 4.81. The van der Waals surface area contributed by atoms with Crippen LogP contribution in [0.3, 0.4) is 0 Å². The molecule has 2 bridgehead atoms. The van der Waals surface area contributed by atoms with Crippen molar-refractivity contribution in [2.24, 2.45) is 5.92 Å². The van der Waals surface area contributed by atoms with Gasteiger partial charge in [-0.2, -0.15) is 0 Å². The highest BCUT2D eigenvalue weighted by Crippen LogP contribution is 2.43. The summed E-state index contributed by atoms with van der Waals surface area (Å²) in [4.78, 5) is 41.3. The van der Waals surface area contributed by atoms with Gasteiger partial charge in [-0.1, -0.05) is 0 Å². The van der Waals surface area contributed by atoms with E-state index in [2.05, 4.69) is 5.32 Å². The second kappa shape index (κ2) is 6.94. The molecule has 0 saturated carbocycles. The van der Waals surface area contributed by atoms with E-state index in [1.807, 2.05) is 0 Å². The van der Waals surface area contributed by atoms with Crippen LogP contribution >= 0.6 is 0 Å². The molecule has 0 aliphatic carbocycles. The van der Waals surface area contributed by atoms with E-state index in [0.717, 1.165) is 19.3 Å². The van der Waals surface area contributed by atoms with E-state index in [1.165, 1.54) is 12.1 Å². The molecule has 1 aromatic carbocycles. The van der Waals surface area contributed by atoms with Crippen molar-refractivity contribution >= 4 is 17.7 Å². The predicted molar refractivity (Wildman–Crippen MR) is 96.4 cm³/mol. The number of nitrogens with zero attached hydrogens (tertiary/aromatic N) is 2. The van der Waals surface area contributed by atoms with E-state index >= 15 is 0 Å². The fraction of sp³-hybridized carbons (Fsp3) is 0.550. The minimum atomic E-state index is -0.423. The Morgan fingerprint density at radius 1 is 1.22 bits per heavy atom. The van der Waals surface area contributed by atoms with E-state index < -0.39 is 5.82 Å². The number of nitrogens with one attached hydrogen (secondary N) is 1. The molecular weight excluding hydrogens is 349 g/mol. The van der Waals surface area contributed by atoms with Crippen molar-refractivity contribution in [1.29, 1.82) is 0 Å². The van der Waals surface area contributed by atoms with Crippen molar-refractivity contribution in [3.05, 3.63) is 35.1 Å². The summed E-state index contributed by atoms with van der Waals surface area (Å²) in [6.07, 6.45) is 3.02. The average Bonchev–Trinajstić information content (AvgIpc) is 3.12. The zero-order valence-electron chi connectivity index (χ0n) is 15.4. The Hall–Kier alpha value is -2.44. The highest BCUT2D eigenvalue weighted by atomic mass is 19.1. The summed E-state index contributed by atoms with van der Waals surface area (Å²) < 4.78 is 13.7. The first kappa shape index (κ1) is 17.9. The molecule has 0 aromatic heterocycles. The van der Waals surface area contributed by atoms with Crippen molar-refractivity contribution < 1.29 is 18.8 Å². The number of hydrogen-bond acceptors (Lipinski definition) is 3. The van der Waals surface area contributed by atoms with Gasteiger partial charge in [0.2, 0.25) is 11.8 Å². The number of halogens is 1. The molecule has 0 radical (unpaired) electrons. The van der Waals surface area contributed by atoms with Crippen LogP contribution in [0.4, 0.5) is 4.39 Å². The molecule has 3 aliphatic heterocycles. The van der Waals surface area contributed by atoms with Crippen LogP contribution in [0.2, 0.25) is 0 Å². The molecule has 0 unspecified atom stereocenters. The standard InChI is InChI=1S/C20H24FN3O3/c1-12-7-13(9-14(21)8-12)19(26)24-15-3-4-17(24)16(10-15)20(27)23-6-2-5-22-18(25)11-23/h7-9,15-17H,2-6,10-11H2,1H3,(H,22,25)/t15-,16-,17-/m1/s1. The fourth-order valence-corrected chi connectivity index (χ4v) is 4.81. The van der Waals surface area contributed by atoms with Gasteiger partial charge in [-0.05, 0) is 56.4 Å². The van der Waals surface area contributed by atoms with Crippen LogP contribution < -0.4 is 5.32 Å². The Kier molecular flexibility index (Phi) is 4.61. The average molecular weight is 373 g/mol. The first-order valence-corrected chi connectivity index (χ1v) is 9.59. The summed E-state index contributed by atoms with van der Waals surface area (Å²) in [5.41, 5.74) is 1.04. The number of carbonyl (C=O) groups excluding carboxylic acids is 3. The van der Waals surface area contributed by atoms with Gasteiger partial charge in [-0.3, -0.25) is 14.4 Å². The van der Waals surface area contributed by atoms with Gasteiger partial charge < -0.3 is 15.1 Å². The molecule has 3 aliphatic rings. The third-order valence-electron chi connectivity index (χ3n) is 5.95. The van der Waals surface area contributed by atoms with E-state index in [1.54, 1.807) is 22.8 Å². The van der Waals surface area contributed by atoms with Crippen molar-refractivity contribution in [1.82, 2.24) is 15.1 Å². The summed E-state index contributed by atoms with van der Waals surface area (Å²) in [5, 5.41) is 2.78. The minimum Gasteiger partial charge on any atom is -0.354 e. The lowest BCUT2D eigenvalue weighted by atomic mass is 9.88. The van der Waals surface area contributed by atoms with E-state index in [-0.39, 0.29) is 42.3 Å². The number of rotatable bonds is 2. The number of benzene rings is 1. The highest BCUT2D eigenvalue weighted by Gasteiger charge is 2.52. The maximum Gasteiger partial charge on any atom is 0.254 e. The van der Waals surface area contributed by atoms with Gasteiger partial charge >= 0.3 is 0 Å². The van der Waals surface area contributed by atoms with Crippen molar-refractivity contribution in [2.45, 2.75) is 44.7 Å². The van der Waals surface area contributed by atoms with Gasteiger partial charge in [0.15, 0.2) is 0 Å². The molecule has 3 heterocycles. The Morgan fingerprint density at radius 3 is 2.81 bits per heavy atom. The number of fused-ring (bicyclic) bond motifs is 2. The van der Waals surface area contributed by atoms with Gasteiger partial charge in [0.1, 0.15) is 5.82 Å². The van der Waals surface area contributed by atoms with Gasteiger partial charge in [-0.25, -0.2) is 4.39 Å². The third-order valence-corrected chi connectivity index (χ3v) is 5.95. The highest BCUT2D eigenvalue weighted by molar-refractivity contribution is 5.96. The van der Waals surface area contributed by atoms with Crippen molar-refractivity contribution in [3.8, 4) is 0 Å². The summed E-state index contributed by atoms with van der Waals surface area (Å²) in [6, 6.07) is 4.21. The summed E-state index contributed by atoms with van der Waals surface area (Å²) in [6.45, 7) is 2.99. The van der Waals surface area contributed by atoms with Crippen molar-refractivity contribution in [2.75, 3.05) is 19.6 Å². The Balaban J connectivity index is 1.53. The second-order valence-electron chi connectivity index (χ2n) is 7.83. The zero-order valence-corrected chi connectivity index (χ0v) is 15.4. The van der Waals surface area contributed by atoms with Gasteiger partial charge in [0.05, 0.1) is 12.5 Å². The molecule has 3 atom stereocenters. The van der Waals surface area contributed by atoms with Gasteiger partial charge in [0, 0.05) is 30.7 Å². The quantitative estimate of drug-likeness (QED) is 0.854. The molecular formula is C20H24FN3O3. The molecule has 27 heavy (non-hydrogen) atoms. The Labute approximate surface area is 157 Å². The van der Waals surface area contributed by atoms with Crippen LogP contribution in [-0.4, -0.2) is 59.2 Å². The third kappa shape index (κ3) is 3.31. The predicted octanol–water partition coefficient (Wildman–Crippen LogP) is 1.48. The van der Waals surface area contributed by atoms with Crippen LogP contribution in [0, 0.1) is 18.7 Å². The number of carbonyl (C=O) groups is 3. The maximum atomic E-state index is 13.7. The first-order valence-electron chi connectivity index (χ1n) is 9.59. The monoisotopic (exact) mass is 373 g/mol. The second-order valence-corrected chi connectivity index (χ2v) is 7.83. The normalized spacial score (nSPS) is 27.5. The van der Waals surface area contributed by atoms with E-state index in [9.17, 15) is 18.8 Å². The van der Waals surface area contributed by atoms with Crippen LogP contribution in [0.5, 0.6) is 0 Å². The molecule has 1 aromatic rings. The largest absolute Gasteiger partial charge is 0.354 e. The summed E-state index contributed by atoms with van der Waals surface area (Å²) in [5.74, 6) is -1.06.